The van der Waals surface area contributed by atoms with Gasteiger partial charge in [0.2, 0.25) is 0 Å². The second-order valence-corrected chi connectivity index (χ2v) is 5.16. The lowest BCUT2D eigenvalue weighted by molar-refractivity contribution is -0.144. The predicted octanol–water partition coefficient (Wildman–Crippen LogP) is 2.60. The number of halogens is 1. The van der Waals surface area contributed by atoms with Crippen molar-refractivity contribution in [1.82, 2.24) is 10.6 Å². The molecule has 0 bridgehead atoms. The third-order valence-electron chi connectivity index (χ3n) is 3.25. The van der Waals surface area contributed by atoms with Crippen LogP contribution in [0.5, 0.6) is 0 Å². The summed E-state index contributed by atoms with van der Waals surface area (Å²) in [6.45, 7) is 5.88. The van der Waals surface area contributed by atoms with Crippen LogP contribution >= 0.6 is 24.0 Å². The highest BCUT2D eigenvalue weighted by atomic mass is 127. The molecule has 0 aliphatic heterocycles. The van der Waals surface area contributed by atoms with Crippen molar-refractivity contribution in [1.29, 1.82) is 0 Å². The largest absolute Gasteiger partial charge is 0.469 e. The Hall–Kier alpha value is -1.31. The zero-order valence-electron chi connectivity index (χ0n) is 14.2. The maximum Gasteiger partial charge on any atom is 0.310 e. The molecule has 0 spiro atoms. The second-order valence-electron chi connectivity index (χ2n) is 5.16. The van der Waals surface area contributed by atoms with E-state index in [0.29, 0.717) is 6.54 Å². The van der Waals surface area contributed by atoms with Gasteiger partial charge in [-0.05, 0) is 25.3 Å². The van der Waals surface area contributed by atoms with Gasteiger partial charge in [0.25, 0.3) is 0 Å². The summed E-state index contributed by atoms with van der Waals surface area (Å²) in [4.78, 5) is 15.8. The van der Waals surface area contributed by atoms with Crippen molar-refractivity contribution in [2.75, 3.05) is 26.7 Å². The average Bonchev–Trinajstić information content (AvgIpc) is 2.56. The van der Waals surface area contributed by atoms with Gasteiger partial charge in [0.1, 0.15) is 0 Å². The smallest absolute Gasteiger partial charge is 0.310 e. The number of rotatable bonds is 8. The summed E-state index contributed by atoms with van der Waals surface area (Å²) in [5, 5.41) is 6.47. The number of hydrogen-bond acceptors (Lipinski definition) is 3. The van der Waals surface area contributed by atoms with E-state index in [2.05, 4.69) is 39.9 Å². The minimum absolute atomic E-state index is 0. The number of nitrogens with zero attached hydrogens (tertiary/aromatic N) is 1. The highest BCUT2D eigenvalue weighted by Crippen LogP contribution is 2.01. The van der Waals surface area contributed by atoms with E-state index in [1.807, 2.05) is 19.9 Å². The number of aliphatic imine (C=N–C) groups is 1. The van der Waals surface area contributed by atoms with E-state index >= 15 is 0 Å². The molecule has 130 valence electrons. The molecule has 0 radical (unpaired) electrons. The molecule has 0 saturated carbocycles. The summed E-state index contributed by atoms with van der Waals surface area (Å²) in [6, 6.07) is 10.4. The average molecular weight is 433 g/mol. The van der Waals surface area contributed by atoms with Crippen LogP contribution in [0.1, 0.15) is 25.8 Å². The van der Waals surface area contributed by atoms with Gasteiger partial charge in [0.05, 0.1) is 19.6 Å². The van der Waals surface area contributed by atoms with Crippen molar-refractivity contribution in [2.24, 2.45) is 10.9 Å². The fourth-order valence-corrected chi connectivity index (χ4v) is 1.99. The zero-order chi connectivity index (χ0) is 16.2. The maximum absolute atomic E-state index is 11.4. The molecule has 0 heterocycles. The quantitative estimate of drug-likeness (QED) is 0.218. The van der Waals surface area contributed by atoms with Crippen LogP contribution in [0.15, 0.2) is 35.3 Å². The van der Waals surface area contributed by atoms with Crippen molar-refractivity contribution in [3.8, 4) is 0 Å². The highest BCUT2D eigenvalue weighted by molar-refractivity contribution is 14.0. The first-order valence-corrected chi connectivity index (χ1v) is 7.81. The van der Waals surface area contributed by atoms with Gasteiger partial charge in [-0.3, -0.25) is 9.79 Å². The number of methoxy groups -OCH3 is 1. The van der Waals surface area contributed by atoms with Crippen molar-refractivity contribution >= 4 is 35.9 Å². The Morgan fingerprint density at radius 3 is 2.57 bits per heavy atom. The maximum atomic E-state index is 11.4. The normalized spacial score (nSPS) is 12.0. The molecule has 0 amide bonds. The van der Waals surface area contributed by atoms with Gasteiger partial charge in [-0.25, -0.2) is 0 Å². The number of esters is 1. The number of carbonyl (C=O) groups is 1. The van der Waals surface area contributed by atoms with Crippen LogP contribution < -0.4 is 10.6 Å². The van der Waals surface area contributed by atoms with Gasteiger partial charge in [0.15, 0.2) is 5.96 Å². The summed E-state index contributed by atoms with van der Waals surface area (Å²) >= 11 is 0. The van der Waals surface area contributed by atoms with E-state index in [4.69, 9.17) is 4.74 Å². The van der Waals surface area contributed by atoms with E-state index in [-0.39, 0.29) is 35.9 Å². The Morgan fingerprint density at radius 1 is 1.26 bits per heavy atom. The number of benzene rings is 1. The zero-order valence-corrected chi connectivity index (χ0v) is 16.5. The molecule has 1 atom stereocenters. The lowest BCUT2D eigenvalue weighted by atomic mass is 10.1. The van der Waals surface area contributed by atoms with E-state index in [0.717, 1.165) is 31.9 Å². The predicted molar refractivity (Wildman–Crippen MR) is 105 cm³/mol. The Balaban J connectivity index is 0.00000484. The molecule has 23 heavy (non-hydrogen) atoms. The lowest BCUT2D eigenvalue weighted by Crippen LogP contribution is -2.38. The molecule has 2 N–H and O–H groups in total. The minimum Gasteiger partial charge on any atom is -0.469 e. The summed E-state index contributed by atoms with van der Waals surface area (Å²) in [7, 11) is 1.40. The first-order chi connectivity index (χ1) is 10.7. The van der Waals surface area contributed by atoms with E-state index in [1.54, 1.807) is 0 Å². The molecule has 0 fully saturated rings. The van der Waals surface area contributed by atoms with Crippen LogP contribution in [0.3, 0.4) is 0 Å². The van der Waals surface area contributed by atoms with Crippen LogP contribution in [0.2, 0.25) is 0 Å². The molecule has 5 nitrogen and oxygen atoms in total. The topological polar surface area (TPSA) is 62.7 Å². The van der Waals surface area contributed by atoms with Crippen molar-refractivity contribution in [3.63, 3.8) is 0 Å². The van der Waals surface area contributed by atoms with Gasteiger partial charge in [0, 0.05) is 13.1 Å². The van der Waals surface area contributed by atoms with Crippen molar-refractivity contribution in [3.05, 3.63) is 35.9 Å². The highest BCUT2D eigenvalue weighted by Gasteiger charge is 2.12. The van der Waals surface area contributed by atoms with Gasteiger partial charge in [-0.2, -0.15) is 0 Å². The number of carbonyl (C=O) groups excluding carboxylic acids is 1. The number of hydrogen-bond donors (Lipinski definition) is 2. The Kier molecular flexibility index (Phi) is 12.4. The summed E-state index contributed by atoms with van der Waals surface area (Å²) in [5.74, 6) is 0.278. The summed E-state index contributed by atoms with van der Waals surface area (Å²) in [5.41, 5.74) is 1.34. The van der Waals surface area contributed by atoms with Crippen LogP contribution in [-0.4, -0.2) is 38.7 Å². The molecule has 1 aromatic carbocycles. The molecule has 1 aromatic rings. The molecule has 0 aliphatic carbocycles. The van der Waals surface area contributed by atoms with Crippen molar-refractivity contribution in [2.45, 2.75) is 26.7 Å². The first kappa shape index (κ1) is 21.7. The molecule has 0 aliphatic rings. The van der Waals surface area contributed by atoms with Crippen LogP contribution in [0.25, 0.3) is 0 Å². The monoisotopic (exact) mass is 433 g/mol. The molecular formula is C17H28IN3O2. The molecule has 1 rings (SSSR count). The molecule has 0 saturated heterocycles. The third kappa shape index (κ3) is 9.43. The van der Waals surface area contributed by atoms with Gasteiger partial charge in [-0.15, -0.1) is 24.0 Å². The van der Waals surface area contributed by atoms with Crippen LogP contribution in [-0.2, 0) is 16.0 Å². The SMILES string of the molecule is CCNC(=NCC(C)C(=O)OC)NCCCc1ccccc1.I. The van der Waals surface area contributed by atoms with E-state index in [9.17, 15) is 4.79 Å². The number of ether oxygens (including phenoxy) is 1. The second kappa shape index (κ2) is 13.2. The van der Waals surface area contributed by atoms with Gasteiger partial charge >= 0.3 is 5.97 Å². The molecule has 6 heteroatoms. The van der Waals surface area contributed by atoms with Crippen molar-refractivity contribution < 1.29 is 9.53 Å². The summed E-state index contributed by atoms with van der Waals surface area (Å²) in [6.07, 6.45) is 2.06. The Morgan fingerprint density at radius 2 is 1.96 bits per heavy atom. The van der Waals surface area contributed by atoms with Gasteiger partial charge < -0.3 is 15.4 Å². The first-order valence-electron chi connectivity index (χ1n) is 7.81. The fourth-order valence-electron chi connectivity index (χ4n) is 1.99. The molecule has 1 unspecified atom stereocenters. The van der Waals surface area contributed by atoms with Crippen LogP contribution in [0.4, 0.5) is 0 Å². The third-order valence-corrected chi connectivity index (χ3v) is 3.25. The standard InChI is InChI=1S/C17H27N3O2.HI/c1-4-18-17(20-13-14(2)16(21)22-3)19-12-8-11-15-9-6-5-7-10-15;/h5-7,9-10,14H,4,8,11-13H2,1-3H3,(H2,18,19,20);1H. The number of aryl methyl sites for hydroxylation is 1. The minimum atomic E-state index is -0.233. The van der Waals surface area contributed by atoms with E-state index < -0.39 is 0 Å². The van der Waals surface area contributed by atoms with Crippen LogP contribution in [0, 0.1) is 5.92 Å². The lowest BCUT2D eigenvalue weighted by Gasteiger charge is -2.12. The number of nitrogens with one attached hydrogen (secondary N) is 2. The summed E-state index contributed by atoms with van der Waals surface area (Å²) < 4.78 is 4.70. The molecular weight excluding hydrogens is 405 g/mol. The number of guanidine groups is 1. The Labute approximate surface area is 156 Å². The Bertz CT molecular complexity index is 466. The van der Waals surface area contributed by atoms with E-state index in [1.165, 1.54) is 12.7 Å². The van der Waals surface area contributed by atoms with Gasteiger partial charge in [-0.1, -0.05) is 37.3 Å². The molecule has 0 aromatic heterocycles. The fraction of sp³-hybridized carbons (Fsp3) is 0.529.